The number of nitrogens with zero attached hydrogens (tertiary/aromatic N) is 2. The molecule has 3 fully saturated rings. The van der Waals surface area contributed by atoms with Crippen LogP contribution in [0.15, 0.2) is 24.3 Å². The number of carbonyl (C=O) groups is 2. The van der Waals surface area contributed by atoms with E-state index in [0.29, 0.717) is 51.5 Å². The lowest BCUT2D eigenvalue weighted by molar-refractivity contribution is -0.137. The van der Waals surface area contributed by atoms with Gasteiger partial charge in [-0.25, -0.2) is 4.79 Å². The monoisotopic (exact) mass is 510 g/mol. The second-order valence-corrected chi connectivity index (χ2v) is 10.6. The second-order valence-electron chi connectivity index (χ2n) is 10.6. The van der Waals surface area contributed by atoms with Gasteiger partial charge in [0.25, 0.3) is 0 Å². The molecule has 1 aromatic rings. The average molecular weight is 511 g/mol. The molecule has 2 aliphatic heterocycles. The van der Waals surface area contributed by atoms with Gasteiger partial charge >= 0.3 is 12.3 Å². The SMILES string of the molecule is NCCCNC(=O)C1CCC(CN2CC3(CCN(Cc4ccc(C(F)(F)F)cc4)CC3)OC2=O)CC1. The molecule has 0 unspecified atom stereocenters. The van der Waals surface area contributed by atoms with Crippen molar-refractivity contribution in [3.05, 3.63) is 35.4 Å². The van der Waals surface area contributed by atoms with Crippen molar-refractivity contribution in [1.82, 2.24) is 15.1 Å². The summed E-state index contributed by atoms with van der Waals surface area (Å²) in [6, 6.07) is 5.31. The average Bonchev–Trinajstić information content (AvgIpc) is 3.15. The topological polar surface area (TPSA) is 87.9 Å². The summed E-state index contributed by atoms with van der Waals surface area (Å²) < 4.78 is 44.2. The Kier molecular flexibility index (Phi) is 8.44. The summed E-state index contributed by atoms with van der Waals surface area (Å²) in [5, 5.41) is 2.96. The Morgan fingerprint density at radius 3 is 2.39 bits per heavy atom. The van der Waals surface area contributed by atoms with Crippen molar-refractivity contribution >= 4 is 12.0 Å². The molecule has 36 heavy (non-hydrogen) atoms. The molecule has 1 saturated carbocycles. The summed E-state index contributed by atoms with van der Waals surface area (Å²) in [6.45, 7) is 4.47. The van der Waals surface area contributed by atoms with Crippen LogP contribution in [0.4, 0.5) is 18.0 Å². The van der Waals surface area contributed by atoms with Gasteiger partial charge in [-0.15, -0.1) is 0 Å². The highest BCUT2D eigenvalue weighted by molar-refractivity contribution is 5.78. The predicted octanol–water partition coefficient (Wildman–Crippen LogP) is 3.76. The van der Waals surface area contributed by atoms with Gasteiger partial charge in [0.15, 0.2) is 0 Å². The minimum atomic E-state index is -4.33. The van der Waals surface area contributed by atoms with E-state index < -0.39 is 17.3 Å². The molecule has 0 bridgehead atoms. The Bertz CT molecular complexity index is 893. The first kappa shape index (κ1) is 26.7. The number of halogens is 3. The van der Waals surface area contributed by atoms with Crippen molar-refractivity contribution in [2.24, 2.45) is 17.6 Å². The number of ether oxygens (including phenoxy) is 1. The fourth-order valence-corrected chi connectivity index (χ4v) is 5.65. The molecule has 4 rings (SSSR count). The minimum Gasteiger partial charge on any atom is -0.441 e. The van der Waals surface area contributed by atoms with Crippen LogP contribution in [-0.4, -0.2) is 66.7 Å². The summed E-state index contributed by atoms with van der Waals surface area (Å²) in [4.78, 5) is 29.0. The van der Waals surface area contributed by atoms with Crippen LogP contribution in [0.2, 0.25) is 0 Å². The molecule has 3 aliphatic rings. The number of rotatable bonds is 8. The van der Waals surface area contributed by atoms with Gasteiger partial charge < -0.3 is 20.7 Å². The van der Waals surface area contributed by atoms with Gasteiger partial charge in [0.05, 0.1) is 12.1 Å². The van der Waals surface area contributed by atoms with Crippen molar-refractivity contribution in [1.29, 1.82) is 0 Å². The largest absolute Gasteiger partial charge is 0.441 e. The number of likely N-dealkylation sites (tertiary alicyclic amines) is 1. The van der Waals surface area contributed by atoms with Crippen LogP contribution in [0, 0.1) is 11.8 Å². The van der Waals surface area contributed by atoms with Gasteiger partial charge in [0.1, 0.15) is 5.60 Å². The lowest BCUT2D eigenvalue weighted by Gasteiger charge is -2.37. The van der Waals surface area contributed by atoms with Gasteiger partial charge in [-0.2, -0.15) is 13.2 Å². The van der Waals surface area contributed by atoms with Crippen LogP contribution in [-0.2, 0) is 22.3 Å². The highest BCUT2D eigenvalue weighted by atomic mass is 19.4. The molecule has 0 atom stereocenters. The fourth-order valence-electron chi connectivity index (χ4n) is 5.65. The lowest BCUT2D eigenvalue weighted by atomic mass is 9.81. The first-order valence-electron chi connectivity index (χ1n) is 13.0. The van der Waals surface area contributed by atoms with E-state index in [1.54, 1.807) is 0 Å². The predicted molar refractivity (Wildman–Crippen MR) is 129 cm³/mol. The normalized spacial score (nSPS) is 24.7. The number of hydrogen-bond acceptors (Lipinski definition) is 5. The molecule has 7 nitrogen and oxygen atoms in total. The number of nitrogens with two attached hydrogens (primary N) is 1. The lowest BCUT2D eigenvalue weighted by Crippen LogP contribution is -2.46. The van der Waals surface area contributed by atoms with Gasteiger partial charge in [-0.05, 0) is 62.3 Å². The third-order valence-electron chi connectivity index (χ3n) is 7.87. The number of piperidine rings is 1. The van der Waals surface area contributed by atoms with E-state index in [1.807, 2.05) is 4.90 Å². The van der Waals surface area contributed by atoms with E-state index in [4.69, 9.17) is 10.5 Å². The standard InChI is InChI=1S/C26H37F3N4O3/c27-26(28,29)22-8-4-19(5-9-22)16-32-14-10-25(11-15-32)18-33(24(35)36-25)17-20-2-6-21(7-3-20)23(34)31-13-1-12-30/h4-5,8-9,20-21H,1-3,6-7,10-18,30H2,(H,31,34). The zero-order valence-corrected chi connectivity index (χ0v) is 20.7. The molecule has 2 heterocycles. The molecule has 2 amide bonds. The van der Waals surface area contributed by atoms with Crippen molar-refractivity contribution < 1.29 is 27.5 Å². The summed E-state index contributed by atoms with van der Waals surface area (Å²) in [5.41, 5.74) is 5.20. The van der Waals surface area contributed by atoms with E-state index >= 15 is 0 Å². The number of benzene rings is 1. The van der Waals surface area contributed by atoms with Gasteiger partial charge in [0.2, 0.25) is 5.91 Å². The van der Waals surface area contributed by atoms with E-state index in [9.17, 15) is 22.8 Å². The smallest absolute Gasteiger partial charge is 0.416 e. The molecule has 200 valence electrons. The third kappa shape index (κ3) is 6.70. The van der Waals surface area contributed by atoms with Crippen molar-refractivity contribution in [2.75, 3.05) is 39.3 Å². The fraction of sp³-hybridized carbons (Fsp3) is 0.692. The third-order valence-corrected chi connectivity index (χ3v) is 7.87. The number of amides is 2. The van der Waals surface area contributed by atoms with Crippen molar-refractivity contribution in [3.63, 3.8) is 0 Å². The van der Waals surface area contributed by atoms with Crippen LogP contribution in [0.25, 0.3) is 0 Å². The second kappa shape index (κ2) is 11.4. The molecule has 2 saturated heterocycles. The molecule has 3 N–H and O–H groups in total. The molecule has 1 aromatic carbocycles. The molecule has 0 aromatic heterocycles. The Balaban J connectivity index is 1.20. The number of hydrogen-bond donors (Lipinski definition) is 2. The number of nitrogens with one attached hydrogen (secondary N) is 1. The molecule has 0 radical (unpaired) electrons. The number of carbonyl (C=O) groups excluding carboxylic acids is 2. The minimum absolute atomic E-state index is 0.0462. The van der Waals surface area contributed by atoms with Gasteiger partial charge in [-0.3, -0.25) is 9.69 Å². The van der Waals surface area contributed by atoms with E-state index in [1.165, 1.54) is 12.1 Å². The molecule has 1 aliphatic carbocycles. The Hall–Kier alpha value is -2.33. The van der Waals surface area contributed by atoms with Gasteiger partial charge in [-0.1, -0.05) is 12.1 Å². The first-order valence-corrected chi connectivity index (χ1v) is 13.0. The van der Waals surface area contributed by atoms with Gasteiger partial charge in [0, 0.05) is 51.5 Å². The molecular formula is C26H37F3N4O3. The highest BCUT2D eigenvalue weighted by Gasteiger charge is 2.47. The molecule has 1 spiro atoms. The summed E-state index contributed by atoms with van der Waals surface area (Å²) >= 11 is 0. The summed E-state index contributed by atoms with van der Waals surface area (Å²) in [5.74, 6) is 0.537. The first-order chi connectivity index (χ1) is 17.2. The van der Waals surface area contributed by atoms with E-state index in [-0.39, 0.29) is 17.9 Å². The maximum atomic E-state index is 12.8. The van der Waals surface area contributed by atoms with Crippen molar-refractivity contribution in [3.8, 4) is 0 Å². The Labute approximate surface area is 210 Å². The van der Waals surface area contributed by atoms with Crippen LogP contribution < -0.4 is 11.1 Å². The Morgan fingerprint density at radius 1 is 1.11 bits per heavy atom. The van der Waals surface area contributed by atoms with Crippen molar-refractivity contribution in [2.45, 2.75) is 63.3 Å². The van der Waals surface area contributed by atoms with Crippen LogP contribution in [0.5, 0.6) is 0 Å². The summed E-state index contributed by atoms with van der Waals surface area (Å²) in [6.07, 6.45) is 1.15. The molecular weight excluding hydrogens is 473 g/mol. The maximum Gasteiger partial charge on any atom is 0.416 e. The van der Waals surface area contributed by atoms with Crippen LogP contribution >= 0.6 is 0 Å². The zero-order chi connectivity index (χ0) is 25.8. The quantitative estimate of drug-likeness (QED) is 0.520. The highest BCUT2D eigenvalue weighted by Crippen LogP contribution is 2.36. The maximum absolute atomic E-state index is 12.8. The van der Waals surface area contributed by atoms with E-state index in [2.05, 4.69) is 10.2 Å². The van der Waals surface area contributed by atoms with Crippen LogP contribution in [0.1, 0.15) is 56.1 Å². The van der Waals surface area contributed by atoms with E-state index in [0.717, 1.165) is 62.9 Å². The Morgan fingerprint density at radius 2 is 1.78 bits per heavy atom. The number of alkyl halides is 3. The summed E-state index contributed by atoms with van der Waals surface area (Å²) in [7, 11) is 0. The molecule has 10 heteroatoms. The van der Waals surface area contributed by atoms with Crippen LogP contribution in [0.3, 0.4) is 0 Å². The zero-order valence-electron chi connectivity index (χ0n) is 20.7.